The van der Waals surface area contributed by atoms with Crippen LogP contribution >= 0.6 is 10.7 Å². The Balaban J connectivity index is 2.16. The molecule has 0 aliphatic rings. The Hall–Kier alpha value is -1.27. The number of nitrogens with zero attached hydrogens (tertiary/aromatic N) is 1. The summed E-state index contributed by atoms with van der Waals surface area (Å²) in [6.45, 7) is 4.03. The lowest BCUT2D eigenvalue weighted by atomic mass is 10.1. The first-order valence-corrected chi connectivity index (χ1v) is 7.74. The lowest BCUT2D eigenvalue weighted by Crippen LogP contribution is -1.89. The maximum absolute atomic E-state index is 11.1. The number of hydrogen-bond donors (Lipinski definition) is 1. The van der Waals surface area contributed by atoms with Gasteiger partial charge in [0.1, 0.15) is 10.8 Å². The summed E-state index contributed by atoms with van der Waals surface area (Å²) < 4.78 is 27.4. The standard InChI is InChI=1S/C11H13ClN2O3S/c1-7(2)10-5-9(14-17-10)3-8-4-11(13-6-8)18(12,15)16/h4-7,13H,3H2,1-2H3. The van der Waals surface area contributed by atoms with Crippen LogP contribution in [0.1, 0.15) is 36.8 Å². The van der Waals surface area contributed by atoms with E-state index in [1.165, 1.54) is 6.07 Å². The van der Waals surface area contributed by atoms with Gasteiger partial charge in [0.15, 0.2) is 0 Å². The van der Waals surface area contributed by atoms with Crippen LogP contribution in [0.25, 0.3) is 0 Å². The smallest absolute Gasteiger partial charge is 0.276 e. The van der Waals surface area contributed by atoms with Crippen LogP contribution in [-0.2, 0) is 15.5 Å². The van der Waals surface area contributed by atoms with Gasteiger partial charge in [-0.3, -0.25) is 0 Å². The second kappa shape index (κ2) is 4.78. The molecule has 0 spiro atoms. The Bertz CT molecular complexity index is 643. The molecule has 0 atom stereocenters. The van der Waals surface area contributed by atoms with Gasteiger partial charge in [0.25, 0.3) is 9.05 Å². The Labute approximate surface area is 110 Å². The summed E-state index contributed by atoms with van der Waals surface area (Å²) >= 11 is 0. The molecule has 0 saturated heterocycles. The number of nitrogens with one attached hydrogen (secondary N) is 1. The van der Waals surface area contributed by atoms with E-state index in [0.29, 0.717) is 6.42 Å². The highest BCUT2D eigenvalue weighted by Gasteiger charge is 2.14. The van der Waals surface area contributed by atoms with Gasteiger partial charge in [-0.25, -0.2) is 8.42 Å². The molecule has 0 unspecified atom stereocenters. The van der Waals surface area contributed by atoms with Crippen LogP contribution in [0.4, 0.5) is 0 Å². The molecule has 0 fully saturated rings. The fourth-order valence-corrected chi connectivity index (χ4v) is 2.31. The number of hydrogen-bond acceptors (Lipinski definition) is 4. The average molecular weight is 289 g/mol. The van der Waals surface area contributed by atoms with Crippen molar-refractivity contribution >= 4 is 19.7 Å². The van der Waals surface area contributed by atoms with Crippen LogP contribution in [0.2, 0.25) is 0 Å². The van der Waals surface area contributed by atoms with E-state index in [9.17, 15) is 8.42 Å². The zero-order chi connectivity index (χ0) is 13.3. The van der Waals surface area contributed by atoms with E-state index in [2.05, 4.69) is 10.1 Å². The van der Waals surface area contributed by atoms with Gasteiger partial charge >= 0.3 is 0 Å². The van der Waals surface area contributed by atoms with Crippen LogP contribution in [0, 0.1) is 0 Å². The maximum atomic E-state index is 11.1. The lowest BCUT2D eigenvalue weighted by Gasteiger charge is -1.93. The summed E-state index contributed by atoms with van der Waals surface area (Å²) in [5, 5.41) is 3.93. The van der Waals surface area contributed by atoms with Crippen molar-refractivity contribution in [2.45, 2.75) is 31.2 Å². The summed E-state index contributed by atoms with van der Waals surface area (Å²) in [5.41, 5.74) is 1.55. The first-order valence-electron chi connectivity index (χ1n) is 5.43. The van der Waals surface area contributed by atoms with E-state index in [0.717, 1.165) is 17.0 Å². The highest BCUT2D eigenvalue weighted by Crippen LogP contribution is 2.19. The van der Waals surface area contributed by atoms with Crippen molar-refractivity contribution in [3.05, 3.63) is 35.3 Å². The number of H-pyrrole nitrogens is 1. The van der Waals surface area contributed by atoms with Gasteiger partial charge in [-0.05, 0) is 11.6 Å². The first kappa shape index (κ1) is 13.2. The molecule has 7 heteroatoms. The van der Waals surface area contributed by atoms with Crippen LogP contribution < -0.4 is 0 Å². The van der Waals surface area contributed by atoms with Gasteiger partial charge in [-0.2, -0.15) is 0 Å². The van der Waals surface area contributed by atoms with Crippen molar-refractivity contribution in [2.24, 2.45) is 0 Å². The normalized spacial score (nSPS) is 12.2. The van der Waals surface area contributed by atoms with Crippen molar-refractivity contribution in [2.75, 3.05) is 0 Å². The van der Waals surface area contributed by atoms with Crippen LogP contribution in [0.15, 0.2) is 27.9 Å². The van der Waals surface area contributed by atoms with Crippen molar-refractivity contribution in [3.63, 3.8) is 0 Å². The molecule has 2 aromatic heterocycles. The molecule has 0 aliphatic carbocycles. The quantitative estimate of drug-likeness (QED) is 0.878. The molecule has 0 aliphatic heterocycles. The topological polar surface area (TPSA) is 76.0 Å². The summed E-state index contributed by atoms with van der Waals surface area (Å²) in [6.07, 6.45) is 2.10. The van der Waals surface area contributed by atoms with E-state index in [4.69, 9.17) is 15.2 Å². The van der Waals surface area contributed by atoms with Gasteiger partial charge < -0.3 is 9.51 Å². The minimum atomic E-state index is -3.71. The lowest BCUT2D eigenvalue weighted by molar-refractivity contribution is 0.366. The summed E-state index contributed by atoms with van der Waals surface area (Å²) in [6, 6.07) is 3.36. The van der Waals surface area contributed by atoms with Gasteiger partial charge in [0, 0.05) is 35.3 Å². The van der Waals surface area contributed by atoms with Crippen molar-refractivity contribution in [1.82, 2.24) is 10.1 Å². The van der Waals surface area contributed by atoms with Gasteiger partial charge in [-0.1, -0.05) is 19.0 Å². The van der Waals surface area contributed by atoms with Crippen molar-refractivity contribution < 1.29 is 12.9 Å². The molecule has 1 N–H and O–H groups in total. The van der Waals surface area contributed by atoms with E-state index >= 15 is 0 Å². The second-order valence-electron chi connectivity index (χ2n) is 4.36. The molecular formula is C11H13ClN2O3S. The molecule has 0 saturated carbocycles. The summed E-state index contributed by atoms with van der Waals surface area (Å²) in [7, 11) is 1.52. The van der Waals surface area contributed by atoms with Crippen molar-refractivity contribution in [3.8, 4) is 0 Å². The fourth-order valence-electron chi connectivity index (χ4n) is 1.55. The predicted molar refractivity (Wildman–Crippen MR) is 67.2 cm³/mol. The predicted octanol–water partition coefficient (Wildman–Crippen LogP) is 2.64. The molecule has 2 aromatic rings. The van der Waals surface area contributed by atoms with E-state index in [1.807, 2.05) is 19.9 Å². The molecule has 5 nitrogen and oxygen atoms in total. The Morgan fingerprint density at radius 1 is 1.44 bits per heavy atom. The van der Waals surface area contributed by atoms with Crippen LogP contribution in [-0.4, -0.2) is 18.6 Å². The summed E-state index contributed by atoms with van der Waals surface area (Å²) in [4.78, 5) is 2.62. The Kier molecular flexibility index (Phi) is 3.49. The maximum Gasteiger partial charge on any atom is 0.276 e. The van der Waals surface area contributed by atoms with Crippen molar-refractivity contribution in [1.29, 1.82) is 0 Å². The first-order chi connectivity index (χ1) is 8.36. The molecular weight excluding hydrogens is 276 g/mol. The molecule has 98 valence electrons. The molecule has 0 bridgehead atoms. The Morgan fingerprint density at radius 3 is 2.67 bits per heavy atom. The van der Waals surface area contributed by atoms with Crippen LogP contribution in [0.3, 0.4) is 0 Å². The monoisotopic (exact) mass is 288 g/mol. The fraction of sp³-hybridized carbons (Fsp3) is 0.364. The zero-order valence-electron chi connectivity index (χ0n) is 9.97. The third-order valence-electron chi connectivity index (χ3n) is 2.51. The minimum Gasteiger partial charge on any atom is -0.361 e. The average Bonchev–Trinajstić information content (AvgIpc) is 2.85. The van der Waals surface area contributed by atoms with E-state index in [-0.39, 0.29) is 10.9 Å². The molecule has 0 radical (unpaired) electrons. The third kappa shape index (κ3) is 2.94. The molecule has 18 heavy (non-hydrogen) atoms. The number of aromatic nitrogens is 2. The molecule has 2 rings (SSSR count). The van der Waals surface area contributed by atoms with E-state index < -0.39 is 9.05 Å². The summed E-state index contributed by atoms with van der Waals surface area (Å²) in [5.74, 6) is 1.09. The third-order valence-corrected chi connectivity index (χ3v) is 3.77. The minimum absolute atomic E-state index is 0.00764. The van der Waals surface area contributed by atoms with Gasteiger partial charge in [0.2, 0.25) is 0 Å². The largest absolute Gasteiger partial charge is 0.361 e. The van der Waals surface area contributed by atoms with Crippen LogP contribution in [0.5, 0.6) is 0 Å². The van der Waals surface area contributed by atoms with Gasteiger partial charge in [-0.15, -0.1) is 0 Å². The number of halogens is 1. The molecule has 0 aromatic carbocycles. The highest BCUT2D eigenvalue weighted by molar-refractivity contribution is 8.13. The number of aromatic amines is 1. The Morgan fingerprint density at radius 2 is 2.17 bits per heavy atom. The second-order valence-corrected chi connectivity index (χ2v) is 6.90. The highest BCUT2D eigenvalue weighted by atomic mass is 35.7. The molecule has 2 heterocycles. The zero-order valence-corrected chi connectivity index (χ0v) is 11.5. The number of rotatable bonds is 4. The van der Waals surface area contributed by atoms with E-state index in [1.54, 1.807) is 6.20 Å². The molecule has 0 amide bonds. The van der Waals surface area contributed by atoms with Gasteiger partial charge in [0.05, 0.1) is 5.69 Å². The SMILES string of the molecule is CC(C)c1cc(Cc2c[nH]c(S(=O)(=O)Cl)c2)no1.